The average Bonchev–Trinajstić information content (AvgIpc) is 2.11. The van der Waals surface area contributed by atoms with Crippen LogP contribution < -0.4 is 0 Å². The molecular formula is C7H11NOS. The first-order chi connectivity index (χ1) is 4.63. The normalized spacial score (nSPS) is 10.8. The molecule has 0 aliphatic carbocycles. The Labute approximate surface area is 65.9 Å². The molecule has 0 fully saturated rings. The Morgan fingerprint density at radius 1 is 1.50 bits per heavy atom. The molecule has 0 saturated heterocycles. The molecule has 0 aliphatic heterocycles. The Morgan fingerprint density at radius 3 is 2.30 bits per heavy atom. The lowest BCUT2D eigenvalue weighted by molar-refractivity contribution is 0.388. The Kier molecular flexibility index (Phi) is 1.94. The highest BCUT2D eigenvalue weighted by molar-refractivity contribution is 7.80. The Hall–Kier alpha value is -0.570. The molecule has 1 heterocycles. The monoisotopic (exact) mass is 157 g/mol. The average molecular weight is 157 g/mol. The standard InChI is InChI=1S/C7H11NOS/c1-5(2)8-6(9)3-4-7(8)10/h3-5,9-10H,1-2H3. The van der Waals surface area contributed by atoms with Crippen LogP contribution in [0.25, 0.3) is 0 Å². The van der Waals surface area contributed by atoms with Crippen LogP contribution in [0, 0.1) is 0 Å². The van der Waals surface area contributed by atoms with E-state index < -0.39 is 0 Å². The van der Waals surface area contributed by atoms with Gasteiger partial charge in [-0.05, 0) is 19.9 Å². The molecule has 0 aliphatic rings. The van der Waals surface area contributed by atoms with Crippen LogP contribution in [0.1, 0.15) is 19.9 Å². The highest BCUT2D eigenvalue weighted by Crippen LogP contribution is 2.23. The van der Waals surface area contributed by atoms with Crippen LogP contribution in [0.4, 0.5) is 0 Å². The lowest BCUT2D eigenvalue weighted by Gasteiger charge is -2.10. The van der Waals surface area contributed by atoms with E-state index in [0.717, 1.165) is 5.03 Å². The second-order valence-corrected chi connectivity index (χ2v) is 2.97. The van der Waals surface area contributed by atoms with Gasteiger partial charge in [0.2, 0.25) is 0 Å². The van der Waals surface area contributed by atoms with E-state index in [1.165, 1.54) is 0 Å². The molecule has 2 nitrogen and oxygen atoms in total. The summed E-state index contributed by atoms with van der Waals surface area (Å²) in [6.45, 7) is 4.00. The molecule has 1 N–H and O–H groups in total. The molecule has 0 bridgehead atoms. The fraction of sp³-hybridized carbons (Fsp3) is 0.429. The molecule has 0 radical (unpaired) electrons. The highest BCUT2D eigenvalue weighted by Gasteiger charge is 2.05. The van der Waals surface area contributed by atoms with Crippen molar-refractivity contribution in [3.63, 3.8) is 0 Å². The molecular weight excluding hydrogens is 146 g/mol. The predicted molar refractivity (Wildman–Crippen MR) is 43.7 cm³/mol. The Balaban J connectivity index is 3.10. The van der Waals surface area contributed by atoms with E-state index in [4.69, 9.17) is 0 Å². The fourth-order valence-corrected chi connectivity index (χ4v) is 1.36. The van der Waals surface area contributed by atoms with Gasteiger partial charge in [0.15, 0.2) is 5.88 Å². The van der Waals surface area contributed by atoms with Crippen LogP contribution in [-0.2, 0) is 0 Å². The molecule has 10 heavy (non-hydrogen) atoms. The largest absolute Gasteiger partial charge is 0.494 e. The van der Waals surface area contributed by atoms with Crippen LogP contribution >= 0.6 is 12.6 Å². The van der Waals surface area contributed by atoms with Gasteiger partial charge < -0.3 is 9.67 Å². The molecule has 0 aromatic carbocycles. The minimum atomic E-state index is 0.266. The molecule has 0 unspecified atom stereocenters. The van der Waals surface area contributed by atoms with E-state index in [0.29, 0.717) is 0 Å². The maximum atomic E-state index is 9.22. The van der Waals surface area contributed by atoms with Crippen molar-refractivity contribution < 1.29 is 5.11 Å². The van der Waals surface area contributed by atoms with Crippen molar-refractivity contribution in [1.82, 2.24) is 4.57 Å². The smallest absolute Gasteiger partial charge is 0.192 e. The third kappa shape index (κ3) is 1.14. The van der Waals surface area contributed by atoms with Crippen molar-refractivity contribution in [3.05, 3.63) is 12.1 Å². The van der Waals surface area contributed by atoms with Crippen LogP contribution in [0.2, 0.25) is 0 Å². The Morgan fingerprint density at radius 2 is 2.10 bits per heavy atom. The lowest BCUT2D eigenvalue weighted by Crippen LogP contribution is -1.99. The van der Waals surface area contributed by atoms with Gasteiger partial charge in [0.25, 0.3) is 0 Å². The van der Waals surface area contributed by atoms with E-state index in [-0.39, 0.29) is 11.9 Å². The van der Waals surface area contributed by atoms with Crippen LogP contribution in [0.15, 0.2) is 17.2 Å². The summed E-state index contributed by atoms with van der Waals surface area (Å²) in [5, 5.41) is 10.0. The van der Waals surface area contributed by atoms with Gasteiger partial charge in [0.1, 0.15) is 0 Å². The zero-order chi connectivity index (χ0) is 7.72. The first kappa shape index (κ1) is 7.54. The first-order valence-corrected chi connectivity index (χ1v) is 3.67. The highest BCUT2D eigenvalue weighted by atomic mass is 32.1. The van der Waals surface area contributed by atoms with Crippen molar-refractivity contribution in [2.24, 2.45) is 0 Å². The minimum absolute atomic E-state index is 0.266. The quantitative estimate of drug-likeness (QED) is 0.599. The van der Waals surface area contributed by atoms with Crippen molar-refractivity contribution in [1.29, 1.82) is 0 Å². The molecule has 56 valence electrons. The summed E-state index contributed by atoms with van der Waals surface area (Å²) >= 11 is 4.16. The van der Waals surface area contributed by atoms with Crippen molar-refractivity contribution in [2.45, 2.75) is 24.9 Å². The summed E-state index contributed by atoms with van der Waals surface area (Å²) in [5.41, 5.74) is 0. The van der Waals surface area contributed by atoms with Gasteiger partial charge in [0, 0.05) is 12.1 Å². The number of hydrogen-bond donors (Lipinski definition) is 2. The van der Waals surface area contributed by atoms with Gasteiger partial charge >= 0.3 is 0 Å². The van der Waals surface area contributed by atoms with Gasteiger partial charge in [0.05, 0.1) is 5.03 Å². The van der Waals surface area contributed by atoms with Crippen molar-refractivity contribution >= 4 is 12.6 Å². The first-order valence-electron chi connectivity index (χ1n) is 3.22. The summed E-state index contributed by atoms with van der Waals surface area (Å²) < 4.78 is 1.75. The number of thiol groups is 1. The number of rotatable bonds is 1. The summed E-state index contributed by atoms with van der Waals surface area (Å²) in [7, 11) is 0. The van der Waals surface area contributed by atoms with Crippen LogP contribution in [0.3, 0.4) is 0 Å². The maximum absolute atomic E-state index is 9.22. The molecule has 1 aromatic heterocycles. The Bertz CT molecular complexity index is 210. The topological polar surface area (TPSA) is 25.2 Å². The summed E-state index contributed by atoms with van der Waals surface area (Å²) in [6, 6.07) is 3.68. The maximum Gasteiger partial charge on any atom is 0.192 e. The molecule has 1 rings (SSSR count). The van der Waals surface area contributed by atoms with Crippen LogP contribution in [-0.4, -0.2) is 9.67 Å². The summed E-state index contributed by atoms with van der Waals surface area (Å²) in [4.78, 5) is 0. The second-order valence-electron chi connectivity index (χ2n) is 2.51. The van der Waals surface area contributed by atoms with E-state index >= 15 is 0 Å². The SMILES string of the molecule is CC(C)n1c(O)ccc1S. The number of hydrogen-bond acceptors (Lipinski definition) is 2. The van der Waals surface area contributed by atoms with E-state index in [2.05, 4.69) is 12.6 Å². The van der Waals surface area contributed by atoms with Gasteiger partial charge in [-0.3, -0.25) is 0 Å². The molecule has 0 atom stereocenters. The predicted octanol–water partition coefficient (Wildman–Crippen LogP) is 2.06. The van der Waals surface area contributed by atoms with E-state index in [1.54, 1.807) is 16.7 Å². The van der Waals surface area contributed by atoms with E-state index in [9.17, 15) is 5.11 Å². The van der Waals surface area contributed by atoms with Crippen molar-refractivity contribution in [2.75, 3.05) is 0 Å². The zero-order valence-corrected chi connectivity index (χ0v) is 6.97. The molecule has 3 heteroatoms. The number of aromatic hydroxyl groups is 1. The third-order valence-corrected chi connectivity index (χ3v) is 1.76. The van der Waals surface area contributed by atoms with Gasteiger partial charge in [-0.1, -0.05) is 0 Å². The van der Waals surface area contributed by atoms with Gasteiger partial charge in [-0.2, -0.15) is 0 Å². The lowest BCUT2D eigenvalue weighted by atomic mass is 10.4. The minimum Gasteiger partial charge on any atom is -0.494 e. The molecule has 0 amide bonds. The molecule has 1 aromatic rings. The summed E-state index contributed by atoms with van der Waals surface area (Å²) in [5.74, 6) is 0.278. The van der Waals surface area contributed by atoms with Crippen LogP contribution in [0.5, 0.6) is 5.88 Å². The van der Waals surface area contributed by atoms with Crippen molar-refractivity contribution in [3.8, 4) is 5.88 Å². The van der Waals surface area contributed by atoms with E-state index in [1.807, 2.05) is 13.8 Å². The third-order valence-electron chi connectivity index (χ3n) is 1.39. The summed E-state index contributed by atoms with van der Waals surface area (Å²) in [6.07, 6.45) is 0. The van der Waals surface area contributed by atoms with Gasteiger partial charge in [-0.15, -0.1) is 12.6 Å². The van der Waals surface area contributed by atoms with Gasteiger partial charge in [-0.25, -0.2) is 0 Å². The fourth-order valence-electron chi connectivity index (χ4n) is 0.956. The number of nitrogens with zero attached hydrogens (tertiary/aromatic N) is 1. The second kappa shape index (κ2) is 2.58. The molecule has 0 saturated carbocycles. The zero-order valence-electron chi connectivity index (χ0n) is 6.07. The molecule has 0 spiro atoms. The number of aromatic nitrogens is 1.